The Bertz CT molecular complexity index is 280. The molecule has 0 saturated heterocycles. The largest absolute Gasteiger partial charge is 0.491 e. The lowest BCUT2D eigenvalue weighted by Gasteiger charge is -2.11. The zero-order valence-corrected chi connectivity index (χ0v) is 10.0. The third-order valence-electron chi connectivity index (χ3n) is 2.16. The molecule has 0 radical (unpaired) electrons. The van der Waals surface area contributed by atoms with Crippen molar-refractivity contribution in [1.82, 2.24) is 9.88 Å². The van der Waals surface area contributed by atoms with E-state index in [4.69, 9.17) is 4.74 Å². The molecule has 0 saturated carbocycles. The predicted molar refractivity (Wildman–Crippen MR) is 62.4 cm³/mol. The van der Waals surface area contributed by atoms with Crippen LogP contribution in [0.4, 0.5) is 0 Å². The topological polar surface area (TPSA) is 25.4 Å². The van der Waals surface area contributed by atoms with Gasteiger partial charge in [0.2, 0.25) is 0 Å². The van der Waals surface area contributed by atoms with Crippen molar-refractivity contribution < 1.29 is 4.74 Å². The lowest BCUT2D eigenvalue weighted by atomic mass is 10.1. The van der Waals surface area contributed by atoms with Gasteiger partial charge in [-0.1, -0.05) is 13.8 Å². The maximum atomic E-state index is 5.55. The van der Waals surface area contributed by atoms with Crippen molar-refractivity contribution in [3.8, 4) is 5.75 Å². The van der Waals surface area contributed by atoms with Gasteiger partial charge in [-0.2, -0.15) is 0 Å². The summed E-state index contributed by atoms with van der Waals surface area (Å²) in [5, 5.41) is 0. The summed E-state index contributed by atoms with van der Waals surface area (Å²) in [4.78, 5) is 6.43. The fourth-order valence-electron chi connectivity index (χ4n) is 1.16. The Labute approximate surface area is 92.1 Å². The Balaban J connectivity index is 2.43. The first-order valence-electron chi connectivity index (χ1n) is 5.33. The van der Waals surface area contributed by atoms with Crippen molar-refractivity contribution in [2.45, 2.75) is 19.8 Å². The smallest absolute Gasteiger partial charge is 0.137 e. The average Bonchev–Trinajstić information content (AvgIpc) is 2.18. The quantitative estimate of drug-likeness (QED) is 0.741. The molecule has 0 amide bonds. The number of ether oxygens (including phenoxy) is 1. The molecule has 0 atom stereocenters. The number of pyridine rings is 1. The second-order valence-electron chi connectivity index (χ2n) is 4.23. The first-order chi connectivity index (χ1) is 7.09. The molecule has 0 aromatic carbocycles. The van der Waals surface area contributed by atoms with Gasteiger partial charge in [0.15, 0.2) is 0 Å². The predicted octanol–water partition coefficient (Wildman–Crippen LogP) is 2.15. The van der Waals surface area contributed by atoms with Gasteiger partial charge in [0.1, 0.15) is 12.4 Å². The van der Waals surface area contributed by atoms with Crippen LogP contribution in [0.5, 0.6) is 5.75 Å². The van der Waals surface area contributed by atoms with Crippen LogP contribution >= 0.6 is 0 Å². The first kappa shape index (κ1) is 12.0. The van der Waals surface area contributed by atoms with Crippen molar-refractivity contribution in [2.24, 2.45) is 0 Å². The van der Waals surface area contributed by atoms with E-state index in [9.17, 15) is 0 Å². The minimum absolute atomic E-state index is 0.473. The molecule has 0 aliphatic carbocycles. The Morgan fingerprint density at radius 2 is 2.07 bits per heavy atom. The zero-order chi connectivity index (χ0) is 11.3. The molecular weight excluding hydrogens is 188 g/mol. The lowest BCUT2D eigenvalue weighted by molar-refractivity contribution is 0.260. The summed E-state index contributed by atoms with van der Waals surface area (Å²) >= 11 is 0. The van der Waals surface area contributed by atoms with E-state index in [-0.39, 0.29) is 0 Å². The molecule has 15 heavy (non-hydrogen) atoms. The molecule has 0 unspecified atom stereocenters. The number of likely N-dealkylation sites (N-methyl/N-ethyl adjacent to an activating group) is 1. The lowest BCUT2D eigenvalue weighted by Crippen LogP contribution is -2.19. The van der Waals surface area contributed by atoms with Crippen LogP contribution in [-0.4, -0.2) is 37.1 Å². The van der Waals surface area contributed by atoms with Crippen LogP contribution in [0, 0.1) is 0 Å². The van der Waals surface area contributed by atoms with Crippen LogP contribution < -0.4 is 4.74 Å². The van der Waals surface area contributed by atoms with E-state index in [1.165, 1.54) is 0 Å². The summed E-state index contributed by atoms with van der Waals surface area (Å²) in [5.41, 5.74) is 1.11. The van der Waals surface area contributed by atoms with Crippen molar-refractivity contribution in [3.63, 3.8) is 0 Å². The van der Waals surface area contributed by atoms with Gasteiger partial charge in [0, 0.05) is 12.2 Å². The van der Waals surface area contributed by atoms with Crippen LogP contribution in [0.2, 0.25) is 0 Å². The van der Waals surface area contributed by atoms with E-state index in [1.807, 2.05) is 26.2 Å². The Hall–Kier alpha value is -1.09. The summed E-state index contributed by atoms with van der Waals surface area (Å²) in [6.45, 7) is 5.89. The zero-order valence-electron chi connectivity index (χ0n) is 10.0. The van der Waals surface area contributed by atoms with Crippen LogP contribution in [0.1, 0.15) is 25.5 Å². The average molecular weight is 208 g/mol. The molecule has 0 aliphatic rings. The van der Waals surface area contributed by atoms with E-state index >= 15 is 0 Å². The minimum Gasteiger partial charge on any atom is -0.491 e. The number of nitrogens with zero attached hydrogens (tertiary/aromatic N) is 2. The molecule has 0 fully saturated rings. The van der Waals surface area contributed by atoms with Crippen LogP contribution in [0.15, 0.2) is 18.3 Å². The Morgan fingerprint density at radius 3 is 2.53 bits per heavy atom. The van der Waals surface area contributed by atoms with Gasteiger partial charge in [-0.05, 0) is 32.1 Å². The van der Waals surface area contributed by atoms with Gasteiger partial charge in [0.05, 0.1) is 6.20 Å². The monoisotopic (exact) mass is 208 g/mol. The minimum atomic E-state index is 0.473. The molecule has 1 aromatic heterocycles. The third kappa shape index (κ3) is 4.30. The molecule has 84 valence electrons. The number of aromatic nitrogens is 1. The maximum Gasteiger partial charge on any atom is 0.137 e. The fraction of sp³-hybridized carbons (Fsp3) is 0.583. The fourth-order valence-corrected chi connectivity index (χ4v) is 1.16. The SMILES string of the molecule is CC(C)c1ccc(OCCN(C)C)cn1. The van der Waals surface area contributed by atoms with Crippen molar-refractivity contribution in [2.75, 3.05) is 27.2 Å². The van der Waals surface area contributed by atoms with Gasteiger partial charge in [0.25, 0.3) is 0 Å². The summed E-state index contributed by atoms with van der Waals surface area (Å²) in [6.07, 6.45) is 1.80. The molecular formula is C12H20N2O. The van der Waals surface area contributed by atoms with Crippen LogP contribution in [0.3, 0.4) is 0 Å². The van der Waals surface area contributed by atoms with E-state index in [0.29, 0.717) is 12.5 Å². The van der Waals surface area contributed by atoms with Gasteiger partial charge in [-0.15, -0.1) is 0 Å². The van der Waals surface area contributed by atoms with Gasteiger partial charge < -0.3 is 9.64 Å². The highest BCUT2D eigenvalue weighted by molar-refractivity contribution is 5.21. The van der Waals surface area contributed by atoms with Crippen molar-refractivity contribution in [1.29, 1.82) is 0 Å². The van der Waals surface area contributed by atoms with E-state index in [2.05, 4.69) is 23.7 Å². The van der Waals surface area contributed by atoms with E-state index < -0.39 is 0 Å². The molecule has 1 rings (SSSR count). The summed E-state index contributed by atoms with van der Waals surface area (Å²) in [6, 6.07) is 4.01. The third-order valence-corrected chi connectivity index (χ3v) is 2.16. The van der Waals surface area contributed by atoms with Gasteiger partial charge >= 0.3 is 0 Å². The summed E-state index contributed by atoms with van der Waals surface area (Å²) < 4.78 is 5.55. The molecule has 0 bridgehead atoms. The Kier molecular flexibility index (Phi) is 4.56. The molecule has 1 aromatic rings. The van der Waals surface area contributed by atoms with E-state index in [0.717, 1.165) is 18.0 Å². The maximum absolute atomic E-state index is 5.55. The van der Waals surface area contributed by atoms with Crippen LogP contribution in [-0.2, 0) is 0 Å². The normalized spacial score (nSPS) is 11.1. The first-order valence-corrected chi connectivity index (χ1v) is 5.33. The molecule has 3 nitrogen and oxygen atoms in total. The molecule has 0 N–H and O–H groups in total. The number of hydrogen-bond donors (Lipinski definition) is 0. The van der Waals surface area contributed by atoms with Gasteiger partial charge in [-0.3, -0.25) is 4.98 Å². The summed E-state index contributed by atoms with van der Waals surface area (Å²) in [7, 11) is 4.06. The second-order valence-corrected chi connectivity index (χ2v) is 4.23. The molecule has 3 heteroatoms. The molecule has 0 aliphatic heterocycles. The highest BCUT2D eigenvalue weighted by Crippen LogP contribution is 2.15. The van der Waals surface area contributed by atoms with Crippen molar-refractivity contribution in [3.05, 3.63) is 24.0 Å². The van der Waals surface area contributed by atoms with E-state index in [1.54, 1.807) is 6.20 Å². The number of hydrogen-bond acceptors (Lipinski definition) is 3. The molecule has 1 heterocycles. The number of rotatable bonds is 5. The van der Waals surface area contributed by atoms with Crippen LogP contribution in [0.25, 0.3) is 0 Å². The highest BCUT2D eigenvalue weighted by atomic mass is 16.5. The second kappa shape index (κ2) is 5.71. The summed E-state index contributed by atoms with van der Waals surface area (Å²) in [5.74, 6) is 1.32. The van der Waals surface area contributed by atoms with Gasteiger partial charge in [-0.25, -0.2) is 0 Å². The highest BCUT2D eigenvalue weighted by Gasteiger charge is 2.00. The molecule has 0 spiro atoms. The Morgan fingerprint density at radius 1 is 1.33 bits per heavy atom. The standard InChI is InChI=1S/C12H20N2O/c1-10(2)12-6-5-11(9-13-12)15-8-7-14(3)4/h5-6,9-10H,7-8H2,1-4H3. The van der Waals surface area contributed by atoms with Crippen molar-refractivity contribution >= 4 is 0 Å².